The SMILES string of the molecule is Cc1ccc(C#CCN)c(C(=O)NC2C(C)(C)C2(C)C)c1. The first-order chi connectivity index (χ1) is 9.71. The summed E-state index contributed by atoms with van der Waals surface area (Å²) in [5.41, 5.74) is 8.08. The van der Waals surface area contributed by atoms with Gasteiger partial charge >= 0.3 is 0 Å². The lowest BCUT2D eigenvalue weighted by molar-refractivity contribution is 0.0943. The van der Waals surface area contributed by atoms with E-state index in [2.05, 4.69) is 44.9 Å². The molecule has 1 saturated carbocycles. The molecule has 3 N–H and O–H groups in total. The van der Waals surface area contributed by atoms with Crippen molar-refractivity contribution in [1.82, 2.24) is 5.32 Å². The summed E-state index contributed by atoms with van der Waals surface area (Å²) in [7, 11) is 0. The molecule has 2 rings (SSSR count). The Balaban J connectivity index is 2.26. The van der Waals surface area contributed by atoms with Crippen LogP contribution in [-0.4, -0.2) is 18.5 Å². The molecule has 3 nitrogen and oxygen atoms in total. The molecule has 1 fully saturated rings. The molecule has 0 heterocycles. The number of benzene rings is 1. The molecule has 0 aliphatic heterocycles. The van der Waals surface area contributed by atoms with Crippen LogP contribution in [-0.2, 0) is 0 Å². The van der Waals surface area contributed by atoms with Gasteiger partial charge in [0.05, 0.1) is 12.1 Å². The zero-order valence-electron chi connectivity index (χ0n) is 13.5. The van der Waals surface area contributed by atoms with Crippen LogP contribution in [0.3, 0.4) is 0 Å². The van der Waals surface area contributed by atoms with Crippen LogP contribution in [0.15, 0.2) is 18.2 Å². The second-order valence-electron chi connectivity index (χ2n) is 6.90. The highest BCUT2D eigenvalue weighted by Gasteiger charge is 2.65. The average molecular weight is 284 g/mol. The Hall–Kier alpha value is -1.79. The third-order valence-electron chi connectivity index (χ3n) is 5.04. The van der Waals surface area contributed by atoms with E-state index in [1.54, 1.807) is 0 Å². The number of aryl methyl sites for hydroxylation is 1. The Morgan fingerprint density at radius 1 is 1.29 bits per heavy atom. The molecule has 0 atom stereocenters. The number of amides is 1. The third kappa shape index (κ3) is 2.69. The second-order valence-corrected chi connectivity index (χ2v) is 6.90. The van der Waals surface area contributed by atoms with Gasteiger partial charge in [-0.05, 0) is 29.9 Å². The molecule has 0 aromatic heterocycles. The first kappa shape index (κ1) is 15.6. The molecule has 21 heavy (non-hydrogen) atoms. The first-order valence-corrected chi connectivity index (χ1v) is 7.32. The van der Waals surface area contributed by atoms with Gasteiger partial charge in [0.2, 0.25) is 0 Å². The van der Waals surface area contributed by atoms with Crippen molar-refractivity contribution >= 4 is 5.91 Å². The zero-order chi connectivity index (χ0) is 15.8. The summed E-state index contributed by atoms with van der Waals surface area (Å²) in [5, 5.41) is 3.16. The normalized spacial score (nSPS) is 18.6. The van der Waals surface area contributed by atoms with Crippen LogP contribution in [0.4, 0.5) is 0 Å². The Morgan fingerprint density at radius 2 is 1.90 bits per heavy atom. The molecular formula is C18H24N2O. The first-order valence-electron chi connectivity index (χ1n) is 7.32. The molecule has 0 radical (unpaired) electrons. The smallest absolute Gasteiger partial charge is 0.252 e. The second kappa shape index (κ2) is 5.20. The van der Waals surface area contributed by atoms with E-state index in [9.17, 15) is 4.79 Å². The third-order valence-corrected chi connectivity index (χ3v) is 5.04. The minimum absolute atomic E-state index is 0.0522. The Labute approximate surface area is 127 Å². The minimum Gasteiger partial charge on any atom is -0.348 e. The van der Waals surface area contributed by atoms with Crippen LogP contribution < -0.4 is 11.1 Å². The van der Waals surface area contributed by atoms with Crippen LogP contribution in [0.2, 0.25) is 0 Å². The molecule has 0 unspecified atom stereocenters. The standard InChI is InChI=1S/C18H24N2O/c1-12-8-9-13(7-6-10-19)14(11-12)15(21)20-16-17(2,3)18(16,4)5/h8-9,11,16H,10,19H2,1-5H3,(H,20,21). The molecule has 1 aliphatic rings. The van der Waals surface area contributed by atoms with Gasteiger partial charge in [0.1, 0.15) is 0 Å². The summed E-state index contributed by atoms with van der Waals surface area (Å²) >= 11 is 0. The maximum Gasteiger partial charge on any atom is 0.252 e. The van der Waals surface area contributed by atoms with Crippen molar-refractivity contribution < 1.29 is 4.79 Å². The van der Waals surface area contributed by atoms with Crippen LogP contribution in [0, 0.1) is 29.6 Å². The average Bonchev–Trinajstić information content (AvgIpc) is 2.79. The Morgan fingerprint density at radius 3 is 2.43 bits per heavy atom. The molecule has 0 spiro atoms. The molecule has 0 bridgehead atoms. The zero-order valence-corrected chi connectivity index (χ0v) is 13.5. The highest BCUT2D eigenvalue weighted by atomic mass is 16.1. The lowest BCUT2D eigenvalue weighted by Gasteiger charge is -2.09. The Bertz CT molecular complexity index is 618. The van der Waals surface area contributed by atoms with Crippen LogP contribution in [0.25, 0.3) is 0 Å². The highest BCUT2D eigenvalue weighted by Crippen LogP contribution is 2.62. The van der Waals surface area contributed by atoms with Gasteiger partial charge in [-0.15, -0.1) is 0 Å². The summed E-state index contributed by atoms with van der Waals surface area (Å²) in [4.78, 5) is 12.6. The predicted molar refractivity (Wildman–Crippen MR) is 85.9 cm³/mol. The molecule has 1 aliphatic carbocycles. The fraction of sp³-hybridized carbons (Fsp3) is 0.500. The van der Waals surface area contributed by atoms with E-state index in [0.29, 0.717) is 5.56 Å². The molecule has 1 aromatic rings. The summed E-state index contributed by atoms with van der Waals surface area (Å²) in [6.07, 6.45) is 0. The molecule has 3 heteroatoms. The van der Waals surface area contributed by atoms with Gasteiger partial charge in [-0.25, -0.2) is 0 Å². The monoisotopic (exact) mass is 284 g/mol. The quantitative estimate of drug-likeness (QED) is 0.820. The number of nitrogens with two attached hydrogens (primary N) is 1. The predicted octanol–water partition coefficient (Wildman–Crippen LogP) is 2.47. The van der Waals surface area contributed by atoms with Crippen molar-refractivity contribution in [2.45, 2.75) is 40.7 Å². The maximum absolute atomic E-state index is 12.6. The number of hydrogen-bond acceptors (Lipinski definition) is 2. The fourth-order valence-electron chi connectivity index (χ4n) is 2.87. The van der Waals surface area contributed by atoms with Gasteiger partial charge in [0.25, 0.3) is 5.91 Å². The fourth-order valence-corrected chi connectivity index (χ4v) is 2.87. The van der Waals surface area contributed by atoms with Crippen LogP contribution in [0.1, 0.15) is 49.2 Å². The lowest BCUT2D eigenvalue weighted by atomic mass is 10.0. The van der Waals surface area contributed by atoms with Crippen LogP contribution in [0.5, 0.6) is 0 Å². The van der Waals surface area contributed by atoms with Crippen molar-refractivity contribution in [3.63, 3.8) is 0 Å². The molecule has 1 aromatic carbocycles. The number of rotatable bonds is 2. The van der Waals surface area contributed by atoms with Gasteiger partial charge in [-0.2, -0.15) is 0 Å². The van der Waals surface area contributed by atoms with Crippen molar-refractivity contribution in [1.29, 1.82) is 0 Å². The lowest BCUT2D eigenvalue weighted by Crippen LogP contribution is -2.30. The topological polar surface area (TPSA) is 55.1 Å². The van der Waals surface area contributed by atoms with Gasteiger partial charge in [0.15, 0.2) is 0 Å². The molecule has 0 saturated heterocycles. The van der Waals surface area contributed by atoms with Gasteiger partial charge in [0, 0.05) is 11.6 Å². The summed E-state index contributed by atoms with van der Waals surface area (Å²) < 4.78 is 0. The van der Waals surface area contributed by atoms with Gasteiger partial charge in [-0.3, -0.25) is 4.79 Å². The van der Waals surface area contributed by atoms with Crippen molar-refractivity contribution in [2.75, 3.05) is 6.54 Å². The van der Waals surface area contributed by atoms with E-state index < -0.39 is 0 Å². The van der Waals surface area contributed by atoms with Gasteiger partial charge in [-0.1, -0.05) is 51.2 Å². The van der Waals surface area contributed by atoms with Crippen molar-refractivity contribution in [3.05, 3.63) is 34.9 Å². The molecule has 112 valence electrons. The maximum atomic E-state index is 12.6. The van der Waals surface area contributed by atoms with E-state index in [1.807, 2.05) is 25.1 Å². The van der Waals surface area contributed by atoms with Gasteiger partial charge < -0.3 is 11.1 Å². The largest absolute Gasteiger partial charge is 0.348 e. The van der Waals surface area contributed by atoms with E-state index in [4.69, 9.17) is 5.73 Å². The van der Waals surface area contributed by atoms with Crippen molar-refractivity contribution in [3.8, 4) is 11.8 Å². The summed E-state index contributed by atoms with van der Waals surface area (Å²) in [5.74, 6) is 5.75. The van der Waals surface area contributed by atoms with E-state index >= 15 is 0 Å². The van der Waals surface area contributed by atoms with Crippen molar-refractivity contribution in [2.24, 2.45) is 16.6 Å². The molecule has 1 amide bonds. The summed E-state index contributed by atoms with van der Waals surface area (Å²) in [6.45, 7) is 11.0. The van der Waals surface area contributed by atoms with E-state index in [0.717, 1.165) is 11.1 Å². The van der Waals surface area contributed by atoms with E-state index in [-0.39, 0.29) is 29.3 Å². The summed E-state index contributed by atoms with van der Waals surface area (Å²) in [6, 6.07) is 5.92. The minimum atomic E-state index is -0.0522. The number of carbonyl (C=O) groups excluding carboxylic acids is 1. The number of carbonyl (C=O) groups is 1. The van der Waals surface area contributed by atoms with E-state index in [1.165, 1.54) is 0 Å². The highest BCUT2D eigenvalue weighted by molar-refractivity contribution is 5.97. The van der Waals surface area contributed by atoms with Crippen LogP contribution >= 0.6 is 0 Å². The number of nitrogens with one attached hydrogen (secondary N) is 1. The molecular weight excluding hydrogens is 260 g/mol. The number of hydrogen-bond donors (Lipinski definition) is 2. The Kier molecular flexibility index (Phi) is 3.86.